The Morgan fingerprint density at radius 1 is 0.870 bits per heavy atom. The Kier molecular flexibility index (Phi) is 13.2. The lowest BCUT2D eigenvalue weighted by Gasteiger charge is -2.34. The summed E-state index contributed by atoms with van der Waals surface area (Å²) >= 11 is 3.32. The number of carbonyl (C=O) groups is 2. The first-order valence-corrected chi connectivity index (χ1v) is 25.7. The summed E-state index contributed by atoms with van der Waals surface area (Å²) in [5, 5.41) is 38.9. The van der Waals surface area contributed by atoms with Crippen LogP contribution in [0.2, 0.25) is 0 Å². The number of hydrogen-bond acceptors (Lipinski definition) is 15. The van der Waals surface area contributed by atoms with Gasteiger partial charge in [-0.05, 0) is 93.2 Å². The van der Waals surface area contributed by atoms with Crippen LogP contribution in [0.5, 0.6) is 5.75 Å². The van der Waals surface area contributed by atoms with Crippen LogP contribution < -0.4 is 15.1 Å². The molecular formula is C52H58N10O5S2. The number of carbonyl (C=O) groups excluding carboxylic acids is 2. The van der Waals surface area contributed by atoms with E-state index in [1.165, 1.54) is 15.3 Å². The van der Waals surface area contributed by atoms with E-state index in [9.17, 15) is 19.8 Å². The fourth-order valence-electron chi connectivity index (χ4n) is 10.4. The van der Waals surface area contributed by atoms with Crippen LogP contribution in [0, 0.1) is 19.8 Å². The van der Waals surface area contributed by atoms with Gasteiger partial charge < -0.3 is 34.8 Å². The van der Waals surface area contributed by atoms with Gasteiger partial charge in [0.2, 0.25) is 17.8 Å². The van der Waals surface area contributed by atoms with Crippen molar-refractivity contribution in [2.24, 2.45) is 5.92 Å². The van der Waals surface area contributed by atoms with Crippen molar-refractivity contribution >= 4 is 56.3 Å². The fraction of sp³-hybridized carbons (Fsp3) is 0.423. The Labute approximate surface area is 409 Å². The molecule has 17 heteroatoms. The highest BCUT2D eigenvalue weighted by Gasteiger charge is 2.44. The van der Waals surface area contributed by atoms with Crippen LogP contribution in [0.3, 0.4) is 0 Å². The minimum absolute atomic E-state index is 0.0779. The van der Waals surface area contributed by atoms with Crippen molar-refractivity contribution in [2.45, 2.75) is 103 Å². The van der Waals surface area contributed by atoms with Crippen molar-refractivity contribution in [1.29, 1.82) is 0 Å². The second kappa shape index (κ2) is 19.6. The summed E-state index contributed by atoms with van der Waals surface area (Å²) in [5.41, 5.74) is 9.26. The summed E-state index contributed by atoms with van der Waals surface area (Å²) in [6.45, 7) is 13.4. The number of thiazole rings is 1. The number of aliphatic hydroxyl groups excluding tert-OH is 1. The van der Waals surface area contributed by atoms with Crippen molar-refractivity contribution < 1.29 is 24.3 Å². The van der Waals surface area contributed by atoms with Crippen LogP contribution in [-0.4, -0.2) is 102 Å². The van der Waals surface area contributed by atoms with Crippen LogP contribution in [0.15, 0.2) is 83.1 Å². The van der Waals surface area contributed by atoms with E-state index in [1.54, 1.807) is 34.8 Å². The third-order valence-electron chi connectivity index (χ3n) is 14.4. The Balaban J connectivity index is 0.723. The van der Waals surface area contributed by atoms with Crippen molar-refractivity contribution in [3.63, 3.8) is 0 Å². The number of likely N-dealkylation sites (tertiary alicyclic amines) is 1. The van der Waals surface area contributed by atoms with Gasteiger partial charge in [0.25, 0.3) is 0 Å². The molecule has 7 aromatic rings. The second-order valence-electron chi connectivity index (χ2n) is 19.2. The molecule has 2 aromatic carbocycles. The molecule has 69 heavy (non-hydrogen) atoms. The van der Waals surface area contributed by atoms with E-state index >= 15 is 0 Å². The predicted molar refractivity (Wildman–Crippen MR) is 269 cm³/mol. The number of aryl methyl sites for hydroxylation is 2. The summed E-state index contributed by atoms with van der Waals surface area (Å²) in [6, 6.07) is 18.2. The number of rotatable bonds is 12. The normalized spacial score (nSPS) is 19.1. The molecule has 2 amide bonds. The smallest absolute Gasteiger partial charge is 0.243 e. The predicted octanol–water partition coefficient (Wildman–Crippen LogP) is 8.93. The van der Waals surface area contributed by atoms with Crippen molar-refractivity contribution in [3.8, 4) is 27.4 Å². The van der Waals surface area contributed by atoms with E-state index < -0.39 is 18.1 Å². The Bertz CT molecular complexity index is 2940. The molecule has 8 heterocycles. The first-order valence-electron chi connectivity index (χ1n) is 24.0. The molecule has 3 fully saturated rings. The highest BCUT2D eigenvalue weighted by molar-refractivity contribution is 7.19. The Morgan fingerprint density at radius 3 is 2.28 bits per heavy atom. The molecule has 5 aromatic heterocycles. The molecule has 3 N–H and O–H groups in total. The maximum atomic E-state index is 14.4. The maximum Gasteiger partial charge on any atom is 0.243 e. The van der Waals surface area contributed by atoms with E-state index in [1.807, 2.05) is 94.1 Å². The number of nitrogens with one attached hydrogen (secondary N) is 1. The van der Waals surface area contributed by atoms with E-state index in [-0.39, 0.29) is 48.4 Å². The average Bonchev–Trinajstić information content (AvgIpc) is 4.19. The molecule has 15 nitrogen and oxygen atoms in total. The largest absolute Gasteiger partial charge is 0.507 e. The zero-order valence-electron chi connectivity index (χ0n) is 39.6. The van der Waals surface area contributed by atoms with Crippen LogP contribution in [-0.2, 0) is 9.59 Å². The van der Waals surface area contributed by atoms with Gasteiger partial charge in [0.15, 0.2) is 0 Å². The summed E-state index contributed by atoms with van der Waals surface area (Å²) < 4.78 is 5.95. The van der Waals surface area contributed by atoms with Crippen molar-refractivity contribution in [2.75, 3.05) is 42.5 Å². The number of phenolic OH excluding ortho intramolecular Hbond substituents is 1. The lowest BCUT2D eigenvalue weighted by molar-refractivity contribution is -0.141. The van der Waals surface area contributed by atoms with Gasteiger partial charge in [0.05, 0.1) is 57.7 Å². The standard InChI is InChI=1S/C52H58N10O5S2/c1-29(2)46(51(66)62-27-38(63)22-43(62)49(65)56-31(4)33-10-12-35(13-11-33)48-32(5)55-28-68-48)45-24-41(59-67-45)34-14-18-60(19-15-34)37-25-53-52(54-26-37)61-20-16-36(17-21-61)47-30(3)40-23-42(57-58-50(40)69-47)39-8-6-7-9-44(39)64/h6-13,23-26,28-29,31,34,36,38,43,46,63-64H,14-22,27H2,1-5H3,(H,56,65)/t31?,38-,43+,46?/m1/s1. The third-order valence-corrected chi connectivity index (χ3v) is 16.7. The molecule has 3 saturated heterocycles. The number of piperidine rings is 2. The molecule has 3 aliphatic heterocycles. The molecule has 0 saturated carbocycles. The summed E-state index contributed by atoms with van der Waals surface area (Å²) in [6.07, 6.45) is 6.92. The molecule has 3 aliphatic rings. The number of phenols is 1. The highest BCUT2D eigenvalue weighted by Crippen LogP contribution is 2.42. The maximum absolute atomic E-state index is 14.4. The zero-order valence-corrected chi connectivity index (χ0v) is 41.2. The average molecular weight is 967 g/mol. The van der Waals surface area contributed by atoms with E-state index in [2.05, 4.69) is 42.4 Å². The third kappa shape index (κ3) is 9.43. The first kappa shape index (κ1) is 46.4. The topological polar surface area (TPSA) is 187 Å². The SMILES string of the molecule is Cc1ncsc1-c1ccc(C(C)NC(=O)[C@@H]2C[C@@H](O)CN2C(=O)C(c2cc(C3CCN(c4cnc(N5CCC(c6sc7nnc(-c8ccccc8O)cc7c6C)CC5)nc4)CC3)no2)C(C)C)cc1. The molecule has 0 bridgehead atoms. The molecule has 0 radical (unpaired) electrons. The lowest BCUT2D eigenvalue weighted by Crippen LogP contribution is -2.48. The Hall–Kier alpha value is -6.30. The minimum Gasteiger partial charge on any atom is -0.507 e. The van der Waals surface area contributed by atoms with Crippen LogP contribution >= 0.6 is 22.7 Å². The number of hydrogen-bond donors (Lipinski definition) is 3. The number of nitrogens with zero attached hydrogens (tertiary/aromatic N) is 9. The van der Waals surface area contributed by atoms with Gasteiger partial charge in [-0.3, -0.25) is 9.59 Å². The van der Waals surface area contributed by atoms with Crippen LogP contribution in [0.4, 0.5) is 11.6 Å². The van der Waals surface area contributed by atoms with Gasteiger partial charge in [-0.1, -0.05) is 55.4 Å². The van der Waals surface area contributed by atoms with Crippen LogP contribution in [0.25, 0.3) is 31.9 Å². The summed E-state index contributed by atoms with van der Waals surface area (Å²) in [4.78, 5) is 51.7. The van der Waals surface area contributed by atoms with Gasteiger partial charge >= 0.3 is 0 Å². The first-order chi connectivity index (χ1) is 33.4. The number of para-hydroxylation sites is 1. The Morgan fingerprint density at radius 2 is 1.58 bits per heavy atom. The monoisotopic (exact) mass is 966 g/mol. The van der Waals surface area contributed by atoms with E-state index in [0.29, 0.717) is 22.9 Å². The molecule has 2 unspecified atom stereocenters. The van der Waals surface area contributed by atoms with Crippen molar-refractivity contribution in [3.05, 3.63) is 112 Å². The van der Waals surface area contributed by atoms with Crippen molar-refractivity contribution in [1.82, 2.24) is 40.5 Å². The number of aliphatic hydroxyl groups is 1. The lowest BCUT2D eigenvalue weighted by atomic mass is 9.89. The molecular weight excluding hydrogens is 909 g/mol. The molecule has 0 spiro atoms. The molecule has 4 atom stereocenters. The number of anilines is 2. The number of benzene rings is 2. The van der Waals surface area contributed by atoms with Gasteiger partial charge in [-0.2, -0.15) is 0 Å². The van der Waals surface area contributed by atoms with Crippen LogP contribution in [0.1, 0.15) is 110 Å². The zero-order chi connectivity index (χ0) is 47.9. The highest BCUT2D eigenvalue weighted by atomic mass is 32.1. The number of β-amino-alcohol motifs (C(OH)–C–C–N with tert-alkyl or cyclic N) is 1. The van der Waals surface area contributed by atoms with Gasteiger partial charge in [0, 0.05) is 67.0 Å². The second-order valence-corrected chi connectivity index (χ2v) is 21.1. The number of fused-ring (bicyclic) bond motifs is 1. The number of aromatic hydroxyl groups is 1. The summed E-state index contributed by atoms with van der Waals surface area (Å²) in [7, 11) is 0. The minimum atomic E-state index is -0.808. The quantitative estimate of drug-likeness (QED) is 0.105. The van der Waals surface area contributed by atoms with Gasteiger partial charge in [-0.15, -0.1) is 32.9 Å². The number of aromatic nitrogens is 6. The van der Waals surface area contributed by atoms with E-state index in [4.69, 9.17) is 14.5 Å². The van der Waals surface area contributed by atoms with E-state index in [0.717, 1.165) is 101 Å². The van der Waals surface area contributed by atoms with Gasteiger partial charge in [-0.25, -0.2) is 15.0 Å². The molecule has 10 rings (SSSR count). The number of amides is 2. The summed E-state index contributed by atoms with van der Waals surface area (Å²) in [5.74, 6) is 0.678. The number of thiophene rings is 1. The molecule has 0 aliphatic carbocycles. The molecule has 358 valence electrons. The van der Waals surface area contributed by atoms with Gasteiger partial charge in [0.1, 0.15) is 28.3 Å². The fourth-order valence-corrected chi connectivity index (χ4v) is 12.5.